The molecule has 0 radical (unpaired) electrons. The zero-order valence-corrected chi connectivity index (χ0v) is 18.8. The molecule has 0 spiro atoms. The first-order valence-electron chi connectivity index (χ1n) is 10.7. The monoisotopic (exact) mass is 429 g/mol. The molecule has 4 aromatic rings. The number of anilines is 1. The number of hydrogen-bond acceptors (Lipinski definition) is 6. The lowest BCUT2D eigenvalue weighted by atomic mass is 10.2. The molecule has 4 rings (SSSR count). The SMILES string of the molecule is CCOc1nc(C)cc2c1c(=O)cc(NCc1cc(C)ccn1)n2Cc1cc(C)ccn1. The van der Waals surface area contributed by atoms with Gasteiger partial charge in [-0.3, -0.25) is 14.8 Å². The summed E-state index contributed by atoms with van der Waals surface area (Å²) in [4.78, 5) is 26.5. The summed E-state index contributed by atoms with van der Waals surface area (Å²) in [5, 5.41) is 3.88. The lowest BCUT2D eigenvalue weighted by Crippen LogP contribution is -2.18. The number of pyridine rings is 4. The molecule has 164 valence electrons. The van der Waals surface area contributed by atoms with Gasteiger partial charge in [0.1, 0.15) is 11.2 Å². The first-order valence-corrected chi connectivity index (χ1v) is 10.7. The summed E-state index contributed by atoms with van der Waals surface area (Å²) < 4.78 is 7.78. The van der Waals surface area contributed by atoms with Crippen LogP contribution < -0.4 is 15.5 Å². The first kappa shape index (κ1) is 21.5. The van der Waals surface area contributed by atoms with Gasteiger partial charge in [-0.05, 0) is 69.2 Å². The van der Waals surface area contributed by atoms with Gasteiger partial charge in [-0.15, -0.1) is 0 Å². The number of aromatic nitrogens is 4. The van der Waals surface area contributed by atoms with Gasteiger partial charge in [0, 0.05) is 24.2 Å². The van der Waals surface area contributed by atoms with Gasteiger partial charge in [0.25, 0.3) is 0 Å². The largest absolute Gasteiger partial charge is 0.477 e. The first-order chi connectivity index (χ1) is 15.4. The Kier molecular flexibility index (Phi) is 6.16. The molecule has 32 heavy (non-hydrogen) atoms. The molecule has 1 N–H and O–H groups in total. The van der Waals surface area contributed by atoms with E-state index in [0.717, 1.165) is 33.7 Å². The average molecular weight is 430 g/mol. The zero-order valence-electron chi connectivity index (χ0n) is 18.8. The average Bonchev–Trinajstić information content (AvgIpc) is 2.74. The third-order valence-corrected chi connectivity index (χ3v) is 5.19. The maximum Gasteiger partial charge on any atom is 0.227 e. The van der Waals surface area contributed by atoms with Crippen LogP contribution in [-0.2, 0) is 13.1 Å². The van der Waals surface area contributed by atoms with Crippen LogP contribution in [0.1, 0.15) is 35.1 Å². The molecule has 0 aromatic carbocycles. The summed E-state index contributed by atoms with van der Waals surface area (Å²) in [6.07, 6.45) is 3.59. The maximum atomic E-state index is 13.1. The van der Waals surface area contributed by atoms with Crippen molar-refractivity contribution in [2.75, 3.05) is 11.9 Å². The second-order valence-electron chi connectivity index (χ2n) is 7.88. The van der Waals surface area contributed by atoms with E-state index in [1.165, 1.54) is 0 Å². The van der Waals surface area contributed by atoms with Crippen LogP contribution in [0, 0.1) is 20.8 Å². The highest BCUT2D eigenvalue weighted by Gasteiger charge is 2.16. The predicted octanol–water partition coefficient (Wildman–Crippen LogP) is 4.17. The van der Waals surface area contributed by atoms with Crippen molar-refractivity contribution in [2.45, 2.75) is 40.8 Å². The highest BCUT2D eigenvalue weighted by atomic mass is 16.5. The van der Waals surface area contributed by atoms with Crippen molar-refractivity contribution < 1.29 is 4.74 Å². The Hall–Kier alpha value is -3.74. The van der Waals surface area contributed by atoms with Crippen molar-refractivity contribution in [1.82, 2.24) is 19.5 Å². The normalized spacial score (nSPS) is 11.0. The van der Waals surface area contributed by atoms with Crippen LogP contribution in [0.3, 0.4) is 0 Å². The van der Waals surface area contributed by atoms with Crippen LogP contribution >= 0.6 is 0 Å². The van der Waals surface area contributed by atoms with E-state index in [1.54, 1.807) is 18.5 Å². The van der Waals surface area contributed by atoms with Gasteiger partial charge in [-0.25, -0.2) is 4.98 Å². The van der Waals surface area contributed by atoms with Crippen LogP contribution in [0.5, 0.6) is 5.88 Å². The Labute approximate surface area is 187 Å². The fourth-order valence-corrected chi connectivity index (χ4v) is 3.76. The third kappa shape index (κ3) is 4.61. The predicted molar refractivity (Wildman–Crippen MR) is 126 cm³/mol. The van der Waals surface area contributed by atoms with Gasteiger partial charge >= 0.3 is 0 Å². The lowest BCUT2D eigenvalue weighted by Gasteiger charge is -2.19. The Morgan fingerprint density at radius 2 is 1.66 bits per heavy atom. The van der Waals surface area contributed by atoms with Crippen LogP contribution in [0.25, 0.3) is 10.9 Å². The molecule has 0 saturated heterocycles. The smallest absolute Gasteiger partial charge is 0.227 e. The molecule has 0 amide bonds. The second kappa shape index (κ2) is 9.18. The lowest BCUT2D eigenvalue weighted by molar-refractivity contribution is 0.330. The van der Waals surface area contributed by atoms with E-state index in [1.807, 2.05) is 58.0 Å². The minimum Gasteiger partial charge on any atom is -0.477 e. The van der Waals surface area contributed by atoms with E-state index in [9.17, 15) is 4.79 Å². The van der Waals surface area contributed by atoms with E-state index < -0.39 is 0 Å². The molecule has 7 nitrogen and oxygen atoms in total. The van der Waals surface area contributed by atoms with Crippen molar-refractivity contribution in [3.05, 3.63) is 87.2 Å². The van der Waals surface area contributed by atoms with Crippen molar-refractivity contribution in [3.8, 4) is 5.88 Å². The Morgan fingerprint density at radius 3 is 2.34 bits per heavy atom. The number of rotatable bonds is 7. The number of ether oxygens (including phenoxy) is 1. The summed E-state index contributed by atoms with van der Waals surface area (Å²) in [6.45, 7) is 9.29. The van der Waals surface area contributed by atoms with E-state index >= 15 is 0 Å². The van der Waals surface area contributed by atoms with Crippen LogP contribution in [0.2, 0.25) is 0 Å². The summed E-state index contributed by atoms with van der Waals surface area (Å²) in [5.74, 6) is 1.06. The minimum absolute atomic E-state index is 0.135. The molecule has 0 aliphatic rings. The number of aryl methyl sites for hydroxylation is 3. The zero-order chi connectivity index (χ0) is 22.7. The van der Waals surface area contributed by atoms with Crippen molar-refractivity contribution in [1.29, 1.82) is 0 Å². The Morgan fingerprint density at radius 1 is 0.969 bits per heavy atom. The molecule has 4 aromatic heterocycles. The number of nitrogens with zero attached hydrogens (tertiary/aromatic N) is 4. The maximum absolute atomic E-state index is 13.1. The van der Waals surface area contributed by atoms with Gasteiger partial charge in [0.05, 0.1) is 36.6 Å². The molecule has 0 saturated carbocycles. The molecule has 4 heterocycles. The van der Waals surface area contributed by atoms with Crippen LogP contribution in [0.4, 0.5) is 5.82 Å². The van der Waals surface area contributed by atoms with Gasteiger partial charge in [-0.1, -0.05) is 0 Å². The molecule has 0 unspecified atom stereocenters. The highest BCUT2D eigenvalue weighted by Crippen LogP contribution is 2.26. The second-order valence-corrected chi connectivity index (χ2v) is 7.88. The van der Waals surface area contributed by atoms with Crippen molar-refractivity contribution in [2.24, 2.45) is 0 Å². The van der Waals surface area contributed by atoms with Gasteiger partial charge in [0.15, 0.2) is 5.43 Å². The molecule has 0 aliphatic carbocycles. The highest BCUT2D eigenvalue weighted by molar-refractivity contribution is 5.86. The Bertz CT molecular complexity index is 1330. The molecule has 0 atom stereocenters. The molecule has 0 bridgehead atoms. The van der Waals surface area contributed by atoms with Gasteiger partial charge < -0.3 is 14.6 Å². The topological polar surface area (TPSA) is 81.9 Å². The summed E-state index contributed by atoms with van der Waals surface area (Å²) in [6, 6.07) is 11.5. The van der Waals surface area contributed by atoms with E-state index in [0.29, 0.717) is 36.8 Å². The molecule has 7 heteroatoms. The standard InChI is InChI=1S/C25H27N5O2/c1-5-32-25-24-21(12-18(4)29-25)30(15-20-11-17(3)7-9-27-20)23(13-22(24)31)28-14-19-10-16(2)6-8-26-19/h6-13,28H,5,14-15H2,1-4H3. The van der Waals surface area contributed by atoms with E-state index in [4.69, 9.17) is 4.74 Å². The molecule has 0 aliphatic heterocycles. The van der Waals surface area contributed by atoms with Crippen molar-refractivity contribution >= 4 is 16.7 Å². The van der Waals surface area contributed by atoms with E-state index in [2.05, 4.69) is 24.8 Å². The summed E-state index contributed by atoms with van der Waals surface area (Å²) >= 11 is 0. The van der Waals surface area contributed by atoms with Crippen LogP contribution in [-0.4, -0.2) is 26.1 Å². The minimum atomic E-state index is -0.135. The third-order valence-electron chi connectivity index (χ3n) is 5.19. The van der Waals surface area contributed by atoms with Crippen molar-refractivity contribution in [3.63, 3.8) is 0 Å². The molecular formula is C25H27N5O2. The van der Waals surface area contributed by atoms with E-state index in [-0.39, 0.29) is 5.43 Å². The number of nitrogens with one attached hydrogen (secondary N) is 1. The fourth-order valence-electron chi connectivity index (χ4n) is 3.76. The number of hydrogen-bond donors (Lipinski definition) is 1. The van der Waals surface area contributed by atoms with Crippen LogP contribution in [0.15, 0.2) is 53.6 Å². The molecule has 0 fully saturated rings. The fraction of sp³-hybridized carbons (Fsp3) is 0.280. The number of fused-ring (bicyclic) bond motifs is 1. The quantitative estimate of drug-likeness (QED) is 0.475. The summed E-state index contributed by atoms with van der Waals surface area (Å²) in [7, 11) is 0. The van der Waals surface area contributed by atoms with Gasteiger partial charge in [0.2, 0.25) is 5.88 Å². The Balaban J connectivity index is 1.86. The molecular weight excluding hydrogens is 402 g/mol. The summed E-state index contributed by atoms with van der Waals surface area (Å²) in [5.41, 5.74) is 5.48. The van der Waals surface area contributed by atoms with Gasteiger partial charge in [-0.2, -0.15) is 0 Å².